The summed E-state index contributed by atoms with van der Waals surface area (Å²) in [7, 11) is 0. The lowest BCUT2D eigenvalue weighted by atomic mass is 9.46. The Hall–Kier alpha value is -3.67. The molecule has 0 heterocycles. The average molecular weight is 624 g/mol. The highest BCUT2D eigenvalue weighted by Gasteiger charge is 2.68. The minimum Gasteiger partial charge on any atom is -0.480 e. The molecule has 11 heteroatoms. The van der Waals surface area contributed by atoms with Crippen LogP contribution in [-0.2, 0) is 28.7 Å². The first kappa shape index (κ1) is 32.7. The van der Waals surface area contributed by atoms with Crippen molar-refractivity contribution in [1.29, 1.82) is 0 Å². The second-order valence-electron chi connectivity index (χ2n) is 13.4. The van der Waals surface area contributed by atoms with E-state index in [0.717, 1.165) is 12.0 Å². The van der Waals surface area contributed by atoms with Gasteiger partial charge in [-0.15, -0.1) is 0 Å². The minimum atomic E-state index is -1.82. The lowest BCUT2D eigenvalue weighted by Gasteiger charge is -2.59. The Balaban J connectivity index is 1.17. The van der Waals surface area contributed by atoms with Crippen LogP contribution in [0.4, 0.5) is 0 Å². The van der Waals surface area contributed by atoms with Gasteiger partial charge in [0.05, 0.1) is 12.5 Å². The summed E-state index contributed by atoms with van der Waals surface area (Å²) in [6, 6.07) is 6.34. The van der Waals surface area contributed by atoms with Crippen molar-refractivity contribution in [2.24, 2.45) is 28.6 Å². The van der Waals surface area contributed by atoms with Gasteiger partial charge in [-0.1, -0.05) is 55.8 Å². The third-order valence-electron chi connectivity index (χ3n) is 11.1. The number of benzene rings is 1. The number of aliphatic hydroxyl groups is 3. The van der Waals surface area contributed by atoms with Gasteiger partial charge >= 0.3 is 11.9 Å². The van der Waals surface area contributed by atoms with Gasteiger partial charge in [0.25, 0.3) is 0 Å². The number of carboxylic acid groups (broad SMARTS) is 1. The number of carbonyl (C=O) groups is 5. The highest BCUT2D eigenvalue weighted by atomic mass is 16.5. The molecular weight excluding hydrogens is 582 g/mol. The summed E-state index contributed by atoms with van der Waals surface area (Å²) in [5.74, 6) is -4.04. The molecule has 2 unspecified atom stereocenters. The maximum Gasteiger partial charge on any atom is 0.329 e. The molecule has 3 fully saturated rings. The molecular formula is C34H41NO10. The number of ether oxygens (including phenoxy) is 1. The van der Waals surface area contributed by atoms with Gasteiger partial charge in [0, 0.05) is 23.2 Å². The molecule has 11 nitrogen and oxygen atoms in total. The van der Waals surface area contributed by atoms with Gasteiger partial charge in [0.15, 0.2) is 18.4 Å². The third-order valence-corrected chi connectivity index (χ3v) is 11.1. The molecule has 0 spiro atoms. The van der Waals surface area contributed by atoms with E-state index in [1.165, 1.54) is 12.1 Å². The van der Waals surface area contributed by atoms with Crippen molar-refractivity contribution in [1.82, 2.24) is 5.32 Å². The van der Waals surface area contributed by atoms with Crippen LogP contribution in [0, 0.1) is 28.6 Å². The number of hydrogen-bond acceptors (Lipinski definition) is 9. The summed E-state index contributed by atoms with van der Waals surface area (Å²) in [5.41, 5.74) is -1.94. The molecule has 0 radical (unpaired) electrons. The lowest BCUT2D eigenvalue weighted by Crippen LogP contribution is -2.61. The molecule has 0 bridgehead atoms. The van der Waals surface area contributed by atoms with Crippen LogP contribution in [0.15, 0.2) is 54.1 Å². The molecule has 45 heavy (non-hydrogen) atoms. The van der Waals surface area contributed by atoms with Crippen LogP contribution < -0.4 is 5.32 Å². The molecule has 0 aromatic heterocycles. The first-order chi connectivity index (χ1) is 21.2. The van der Waals surface area contributed by atoms with Crippen LogP contribution in [-0.4, -0.2) is 74.2 Å². The van der Waals surface area contributed by atoms with Crippen molar-refractivity contribution in [2.75, 3.05) is 6.61 Å². The maximum absolute atomic E-state index is 13.5. The summed E-state index contributed by atoms with van der Waals surface area (Å²) < 4.78 is 5.15. The van der Waals surface area contributed by atoms with Crippen LogP contribution in [0.25, 0.3) is 0 Å². The molecule has 1 aromatic carbocycles. The van der Waals surface area contributed by atoms with E-state index in [2.05, 4.69) is 5.32 Å². The van der Waals surface area contributed by atoms with E-state index in [1.54, 1.807) is 30.4 Å². The molecule has 9 atom stereocenters. The van der Waals surface area contributed by atoms with Crippen molar-refractivity contribution >= 4 is 29.4 Å². The number of allylic oxidation sites excluding steroid dienone is 4. The smallest absolute Gasteiger partial charge is 0.329 e. The fourth-order valence-electron chi connectivity index (χ4n) is 8.71. The zero-order valence-corrected chi connectivity index (χ0v) is 25.5. The molecule has 4 aliphatic rings. The fourth-order valence-corrected chi connectivity index (χ4v) is 8.71. The Labute approximate surface area is 261 Å². The summed E-state index contributed by atoms with van der Waals surface area (Å²) in [6.07, 6.45) is 4.24. The Morgan fingerprint density at radius 2 is 1.80 bits per heavy atom. The first-order valence-electron chi connectivity index (χ1n) is 15.5. The van der Waals surface area contributed by atoms with Gasteiger partial charge < -0.3 is 30.5 Å². The van der Waals surface area contributed by atoms with Crippen LogP contribution in [0.1, 0.15) is 70.5 Å². The van der Waals surface area contributed by atoms with E-state index in [-0.39, 0.29) is 36.4 Å². The van der Waals surface area contributed by atoms with Crippen LogP contribution >= 0.6 is 0 Å². The number of Topliss-reactive ketones (excluding diaryl/α,β-unsaturated/α-hetero) is 1. The summed E-state index contributed by atoms with van der Waals surface area (Å²) in [4.78, 5) is 62.1. The molecule has 0 aliphatic heterocycles. The topological polar surface area (TPSA) is 188 Å². The highest BCUT2D eigenvalue weighted by molar-refractivity contribution is 6.01. The molecule has 1 aromatic rings. The van der Waals surface area contributed by atoms with Gasteiger partial charge in [0.2, 0.25) is 11.7 Å². The number of fused-ring (bicyclic) bond motifs is 5. The number of nitrogens with one attached hydrogen (secondary N) is 1. The third kappa shape index (κ3) is 5.77. The zero-order chi connectivity index (χ0) is 32.7. The van der Waals surface area contributed by atoms with Gasteiger partial charge in [-0.2, -0.15) is 0 Å². The number of rotatable bonds is 10. The number of aliphatic hydroxyl groups excluding tert-OH is 2. The molecule has 5 rings (SSSR count). The number of hydrogen-bond donors (Lipinski definition) is 5. The second kappa shape index (κ2) is 12.3. The molecule has 3 saturated carbocycles. The Bertz CT molecular complexity index is 1440. The van der Waals surface area contributed by atoms with Gasteiger partial charge in [-0.3, -0.25) is 19.2 Å². The molecule has 5 N–H and O–H groups in total. The van der Waals surface area contributed by atoms with Crippen LogP contribution in [0.2, 0.25) is 0 Å². The number of esters is 1. The molecule has 242 valence electrons. The van der Waals surface area contributed by atoms with E-state index in [9.17, 15) is 44.4 Å². The minimum absolute atomic E-state index is 0.0247. The first-order valence-corrected chi connectivity index (χ1v) is 15.5. The maximum atomic E-state index is 13.5. The van der Waals surface area contributed by atoms with E-state index >= 15 is 0 Å². The largest absolute Gasteiger partial charge is 0.480 e. The van der Waals surface area contributed by atoms with Crippen LogP contribution in [0.5, 0.6) is 0 Å². The van der Waals surface area contributed by atoms with E-state index in [4.69, 9.17) is 4.74 Å². The van der Waals surface area contributed by atoms with Gasteiger partial charge in [0.1, 0.15) is 11.7 Å². The van der Waals surface area contributed by atoms with Crippen molar-refractivity contribution in [3.05, 3.63) is 59.7 Å². The summed E-state index contributed by atoms with van der Waals surface area (Å²) in [6.45, 7) is 3.16. The summed E-state index contributed by atoms with van der Waals surface area (Å²) in [5, 5.41) is 45.5. The van der Waals surface area contributed by atoms with Gasteiger partial charge in [-0.05, 0) is 61.7 Å². The fraction of sp³-hybridized carbons (Fsp3) is 0.559. The van der Waals surface area contributed by atoms with E-state index < -0.39 is 77.8 Å². The zero-order valence-electron chi connectivity index (χ0n) is 25.5. The standard InChI is InChI=1S/C34H41NO10/c1-32-14-12-21(36)16-20(32)8-9-22-23-13-15-34(44,33(23,2)17-24(37)28(22)32)25(38)18-45-27(40)11-10-26(39)35-29(31(42)43)30(41)19-6-4-3-5-7-19/h3-7,12,14,16,22-24,28-30,37,41,44H,8-11,13,15,17-18H2,1-2H3,(H,35,39)(H,42,43)/t22-,23-,24-,28+,29?,30?,32-,33-,34-/m0/s1. The van der Waals surface area contributed by atoms with Crippen molar-refractivity contribution in [3.8, 4) is 0 Å². The Kier molecular flexibility index (Phi) is 8.91. The van der Waals surface area contributed by atoms with E-state index in [0.29, 0.717) is 18.4 Å². The highest BCUT2D eigenvalue weighted by Crippen LogP contribution is 2.67. The number of amides is 1. The summed E-state index contributed by atoms with van der Waals surface area (Å²) >= 11 is 0. The lowest BCUT2D eigenvalue weighted by molar-refractivity contribution is -0.181. The predicted molar refractivity (Wildman–Crippen MR) is 159 cm³/mol. The monoisotopic (exact) mass is 623 g/mol. The van der Waals surface area contributed by atoms with E-state index in [1.807, 2.05) is 19.9 Å². The SMILES string of the molecule is C[C@]12C=CC(=O)C=C1CC[C@@H]1[C@@H]2[C@@H](O)C[C@@]2(C)[C@H]1CC[C@]2(O)C(=O)COC(=O)CCC(=O)NC(C(=O)O)C(O)c1ccccc1. The number of aliphatic carboxylic acids is 1. The Morgan fingerprint density at radius 1 is 1.09 bits per heavy atom. The molecule has 0 saturated heterocycles. The molecule has 4 aliphatic carbocycles. The number of carbonyl (C=O) groups excluding carboxylic acids is 4. The quantitative estimate of drug-likeness (QED) is 0.242. The second-order valence-corrected chi connectivity index (χ2v) is 13.4. The van der Waals surface area contributed by atoms with Gasteiger partial charge in [-0.25, -0.2) is 4.79 Å². The average Bonchev–Trinajstić information content (AvgIpc) is 3.28. The van der Waals surface area contributed by atoms with Crippen molar-refractivity contribution < 1.29 is 49.1 Å². The number of carboxylic acids is 1. The predicted octanol–water partition coefficient (Wildman–Crippen LogP) is 2.19. The van der Waals surface area contributed by atoms with Crippen molar-refractivity contribution in [2.45, 2.75) is 82.6 Å². The normalized spacial score (nSPS) is 34.8. The number of ketones is 2. The Morgan fingerprint density at radius 3 is 2.49 bits per heavy atom. The van der Waals surface area contributed by atoms with Crippen LogP contribution in [0.3, 0.4) is 0 Å². The van der Waals surface area contributed by atoms with Crippen molar-refractivity contribution in [3.63, 3.8) is 0 Å². The molecule has 1 amide bonds.